The zero-order chi connectivity index (χ0) is 13.2. The molecule has 0 heterocycles. The van der Waals surface area contributed by atoms with Gasteiger partial charge in [-0.15, -0.1) is 0 Å². The highest BCUT2D eigenvalue weighted by atomic mass is 16.5. The molecule has 0 saturated heterocycles. The van der Waals surface area contributed by atoms with E-state index in [1.165, 1.54) is 5.56 Å². The van der Waals surface area contributed by atoms with Crippen LogP contribution in [0.1, 0.15) is 25.8 Å². The van der Waals surface area contributed by atoms with E-state index in [1.807, 2.05) is 12.1 Å². The van der Waals surface area contributed by atoms with Gasteiger partial charge in [0.2, 0.25) is 0 Å². The number of benzene rings is 1. The summed E-state index contributed by atoms with van der Waals surface area (Å²) < 4.78 is 5.65. The molecule has 0 saturated carbocycles. The lowest BCUT2D eigenvalue weighted by atomic mass is 10.1. The van der Waals surface area contributed by atoms with E-state index < -0.39 is 0 Å². The van der Waals surface area contributed by atoms with Gasteiger partial charge in [-0.05, 0) is 43.6 Å². The highest BCUT2D eigenvalue weighted by Gasteiger charge is 1.98. The minimum atomic E-state index is 0.794. The molecule has 0 bridgehead atoms. The summed E-state index contributed by atoms with van der Waals surface area (Å²) in [4.78, 5) is 2.42. The molecule has 0 atom stereocenters. The van der Waals surface area contributed by atoms with Crippen molar-refractivity contribution >= 4 is 5.69 Å². The lowest BCUT2D eigenvalue weighted by Gasteiger charge is -2.17. The van der Waals surface area contributed by atoms with E-state index in [0.717, 1.165) is 51.4 Å². The summed E-state index contributed by atoms with van der Waals surface area (Å²) in [7, 11) is 0. The summed E-state index contributed by atoms with van der Waals surface area (Å²) >= 11 is 0. The van der Waals surface area contributed by atoms with Crippen LogP contribution >= 0.6 is 0 Å². The number of hydrogen-bond donors (Lipinski definition) is 1. The van der Waals surface area contributed by atoms with E-state index in [2.05, 4.69) is 30.9 Å². The maximum atomic E-state index is 5.65. The molecule has 0 aliphatic heterocycles. The molecule has 1 aromatic rings. The van der Waals surface area contributed by atoms with Gasteiger partial charge in [0.1, 0.15) is 0 Å². The maximum absolute atomic E-state index is 5.65. The Morgan fingerprint density at radius 3 is 2.33 bits per heavy atom. The van der Waals surface area contributed by atoms with Crippen LogP contribution in [-0.2, 0) is 11.2 Å². The van der Waals surface area contributed by atoms with Gasteiger partial charge in [-0.25, -0.2) is 0 Å². The molecular formula is C15H26N2O. The molecule has 0 aliphatic carbocycles. The van der Waals surface area contributed by atoms with Crippen LogP contribution in [0, 0.1) is 0 Å². The number of nitrogen functional groups attached to an aromatic ring is 1. The standard InChI is InChI=1S/C15H26N2O/c1-3-17(4-2)11-5-12-18-13-10-14-6-8-15(16)9-7-14/h6-9H,3-5,10-13,16H2,1-2H3. The first kappa shape index (κ1) is 15.0. The second kappa shape index (κ2) is 8.95. The van der Waals surface area contributed by atoms with Crippen molar-refractivity contribution in [2.24, 2.45) is 0 Å². The third-order valence-electron chi connectivity index (χ3n) is 3.17. The second-order valence-corrected chi connectivity index (χ2v) is 4.48. The normalized spacial score (nSPS) is 11.1. The number of hydrogen-bond acceptors (Lipinski definition) is 3. The Morgan fingerprint density at radius 1 is 1.06 bits per heavy atom. The highest BCUT2D eigenvalue weighted by Crippen LogP contribution is 2.06. The number of nitrogens with zero attached hydrogens (tertiary/aromatic N) is 1. The van der Waals surface area contributed by atoms with E-state index in [-0.39, 0.29) is 0 Å². The summed E-state index contributed by atoms with van der Waals surface area (Å²) in [5.74, 6) is 0. The van der Waals surface area contributed by atoms with Gasteiger partial charge in [0.05, 0.1) is 6.61 Å². The molecule has 0 aromatic heterocycles. The topological polar surface area (TPSA) is 38.5 Å². The first-order valence-electron chi connectivity index (χ1n) is 6.90. The molecule has 0 fully saturated rings. The average molecular weight is 250 g/mol. The van der Waals surface area contributed by atoms with E-state index >= 15 is 0 Å². The summed E-state index contributed by atoms with van der Waals surface area (Å²) in [6.45, 7) is 9.43. The molecule has 0 radical (unpaired) electrons. The fraction of sp³-hybridized carbons (Fsp3) is 0.600. The molecule has 0 spiro atoms. The van der Waals surface area contributed by atoms with Gasteiger partial charge in [-0.2, -0.15) is 0 Å². The molecule has 102 valence electrons. The van der Waals surface area contributed by atoms with E-state index in [1.54, 1.807) is 0 Å². The van der Waals surface area contributed by atoms with Gasteiger partial charge in [0.15, 0.2) is 0 Å². The third-order valence-corrected chi connectivity index (χ3v) is 3.17. The molecule has 18 heavy (non-hydrogen) atoms. The van der Waals surface area contributed by atoms with Gasteiger partial charge >= 0.3 is 0 Å². The van der Waals surface area contributed by atoms with Crippen molar-refractivity contribution in [1.29, 1.82) is 0 Å². The van der Waals surface area contributed by atoms with E-state index in [9.17, 15) is 0 Å². The Balaban J connectivity index is 2.03. The average Bonchev–Trinajstić information content (AvgIpc) is 2.40. The van der Waals surface area contributed by atoms with Crippen LogP contribution in [0.2, 0.25) is 0 Å². The van der Waals surface area contributed by atoms with Crippen LogP contribution in [0.4, 0.5) is 5.69 Å². The third kappa shape index (κ3) is 6.03. The zero-order valence-corrected chi connectivity index (χ0v) is 11.7. The molecule has 0 unspecified atom stereocenters. The number of rotatable bonds is 9. The summed E-state index contributed by atoms with van der Waals surface area (Å²) in [6.07, 6.45) is 2.08. The Morgan fingerprint density at radius 2 is 1.72 bits per heavy atom. The van der Waals surface area contributed by atoms with Crippen molar-refractivity contribution in [1.82, 2.24) is 4.90 Å². The van der Waals surface area contributed by atoms with Gasteiger partial charge < -0.3 is 15.4 Å². The first-order chi connectivity index (χ1) is 8.76. The second-order valence-electron chi connectivity index (χ2n) is 4.48. The zero-order valence-electron chi connectivity index (χ0n) is 11.7. The lowest BCUT2D eigenvalue weighted by molar-refractivity contribution is 0.124. The molecular weight excluding hydrogens is 224 g/mol. The predicted octanol–water partition coefficient (Wildman–Crippen LogP) is 2.56. The van der Waals surface area contributed by atoms with Gasteiger partial charge in [-0.1, -0.05) is 26.0 Å². The van der Waals surface area contributed by atoms with E-state index in [0.29, 0.717) is 0 Å². The molecule has 1 rings (SSSR count). The largest absolute Gasteiger partial charge is 0.399 e. The minimum absolute atomic E-state index is 0.794. The van der Waals surface area contributed by atoms with Crippen LogP contribution in [0.15, 0.2) is 24.3 Å². The molecule has 2 N–H and O–H groups in total. The van der Waals surface area contributed by atoms with Crippen LogP contribution in [0.5, 0.6) is 0 Å². The van der Waals surface area contributed by atoms with Crippen LogP contribution in [0.25, 0.3) is 0 Å². The van der Waals surface area contributed by atoms with Crippen molar-refractivity contribution in [3.05, 3.63) is 29.8 Å². The van der Waals surface area contributed by atoms with Gasteiger partial charge in [0, 0.05) is 18.8 Å². The summed E-state index contributed by atoms with van der Waals surface area (Å²) in [6, 6.07) is 8.01. The van der Waals surface area contributed by atoms with Crippen molar-refractivity contribution < 1.29 is 4.74 Å². The van der Waals surface area contributed by atoms with Gasteiger partial charge in [0.25, 0.3) is 0 Å². The van der Waals surface area contributed by atoms with Crippen LogP contribution < -0.4 is 5.73 Å². The first-order valence-corrected chi connectivity index (χ1v) is 6.90. The summed E-state index contributed by atoms with van der Waals surface area (Å²) in [5.41, 5.74) is 7.74. The molecule has 0 aliphatic rings. The molecule has 3 heteroatoms. The molecule has 3 nitrogen and oxygen atoms in total. The number of ether oxygens (including phenoxy) is 1. The Kier molecular flexibility index (Phi) is 7.46. The molecule has 0 amide bonds. The maximum Gasteiger partial charge on any atom is 0.0506 e. The number of anilines is 1. The van der Waals surface area contributed by atoms with Crippen molar-refractivity contribution in [3.63, 3.8) is 0 Å². The number of nitrogens with two attached hydrogens (primary N) is 1. The summed E-state index contributed by atoms with van der Waals surface area (Å²) in [5, 5.41) is 0. The van der Waals surface area contributed by atoms with Crippen molar-refractivity contribution in [2.75, 3.05) is 38.6 Å². The minimum Gasteiger partial charge on any atom is -0.399 e. The Bertz CT molecular complexity index is 307. The van der Waals surface area contributed by atoms with Crippen molar-refractivity contribution in [3.8, 4) is 0 Å². The smallest absolute Gasteiger partial charge is 0.0506 e. The quantitative estimate of drug-likeness (QED) is 0.541. The van der Waals surface area contributed by atoms with Crippen LogP contribution in [-0.4, -0.2) is 37.7 Å². The monoisotopic (exact) mass is 250 g/mol. The Hall–Kier alpha value is -1.06. The van der Waals surface area contributed by atoms with Crippen LogP contribution in [0.3, 0.4) is 0 Å². The Labute approximate surface area is 111 Å². The highest BCUT2D eigenvalue weighted by molar-refractivity contribution is 5.39. The fourth-order valence-corrected chi connectivity index (χ4v) is 1.91. The predicted molar refractivity (Wildman–Crippen MR) is 77.8 cm³/mol. The van der Waals surface area contributed by atoms with Crippen molar-refractivity contribution in [2.45, 2.75) is 26.7 Å². The lowest BCUT2D eigenvalue weighted by Crippen LogP contribution is -2.24. The van der Waals surface area contributed by atoms with Gasteiger partial charge in [-0.3, -0.25) is 0 Å². The molecule has 1 aromatic carbocycles. The SMILES string of the molecule is CCN(CC)CCCOCCc1ccc(N)cc1. The van der Waals surface area contributed by atoms with E-state index in [4.69, 9.17) is 10.5 Å². The fourth-order valence-electron chi connectivity index (χ4n) is 1.91.